The third-order valence-corrected chi connectivity index (χ3v) is 5.27. The SMILES string of the molecule is CCCn1cnc(-c2cc(F)cc(Nc3cc(Nc4ncc(F)cc4F)ncc3C(=O)NOCC)c2OC)n1. The van der Waals surface area contributed by atoms with E-state index >= 15 is 0 Å². The second-order valence-electron chi connectivity index (χ2n) is 8.08. The highest BCUT2D eigenvalue weighted by Crippen LogP contribution is 2.38. The lowest BCUT2D eigenvalue weighted by molar-refractivity contribution is 0.0365. The number of rotatable bonds is 11. The number of methoxy groups -OCH3 is 1. The van der Waals surface area contributed by atoms with Crippen molar-refractivity contribution in [3.05, 3.63) is 66.0 Å². The number of pyridine rings is 2. The van der Waals surface area contributed by atoms with E-state index in [2.05, 4.69) is 36.2 Å². The van der Waals surface area contributed by atoms with Crippen molar-refractivity contribution in [1.82, 2.24) is 30.2 Å². The fraction of sp³-hybridized carbons (Fsp3) is 0.240. The van der Waals surface area contributed by atoms with E-state index in [1.807, 2.05) is 6.92 Å². The van der Waals surface area contributed by atoms with E-state index in [1.165, 1.54) is 37.8 Å². The van der Waals surface area contributed by atoms with Crippen LogP contribution in [0.2, 0.25) is 0 Å². The number of aromatic nitrogens is 5. The average Bonchev–Trinajstić information content (AvgIpc) is 3.37. The highest BCUT2D eigenvalue weighted by molar-refractivity contribution is 6.00. The lowest BCUT2D eigenvalue weighted by atomic mass is 10.1. The maximum atomic E-state index is 14.8. The minimum absolute atomic E-state index is 0.0137. The number of anilines is 4. The molecule has 11 nitrogen and oxygen atoms in total. The van der Waals surface area contributed by atoms with Gasteiger partial charge >= 0.3 is 0 Å². The Kier molecular flexibility index (Phi) is 8.56. The number of benzene rings is 1. The first-order valence-electron chi connectivity index (χ1n) is 11.9. The predicted octanol–water partition coefficient (Wildman–Crippen LogP) is 4.74. The van der Waals surface area contributed by atoms with Gasteiger partial charge in [-0.25, -0.2) is 33.6 Å². The van der Waals surface area contributed by atoms with Crippen LogP contribution in [-0.4, -0.2) is 44.4 Å². The summed E-state index contributed by atoms with van der Waals surface area (Å²) in [7, 11) is 1.40. The molecule has 3 heterocycles. The normalized spacial score (nSPS) is 10.8. The molecule has 0 spiro atoms. The van der Waals surface area contributed by atoms with Gasteiger partial charge in [-0.1, -0.05) is 6.92 Å². The van der Waals surface area contributed by atoms with Crippen molar-refractivity contribution in [3.63, 3.8) is 0 Å². The van der Waals surface area contributed by atoms with E-state index in [0.717, 1.165) is 12.6 Å². The highest BCUT2D eigenvalue weighted by atomic mass is 19.1. The summed E-state index contributed by atoms with van der Waals surface area (Å²) in [6.45, 7) is 4.51. The number of ether oxygens (including phenoxy) is 1. The van der Waals surface area contributed by atoms with Gasteiger partial charge in [0.25, 0.3) is 5.91 Å². The maximum absolute atomic E-state index is 14.8. The van der Waals surface area contributed by atoms with Crippen LogP contribution in [0.25, 0.3) is 11.4 Å². The van der Waals surface area contributed by atoms with Crippen LogP contribution in [0.15, 0.2) is 43.0 Å². The zero-order chi connectivity index (χ0) is 27.9. The number of halogens is 3. The van der Waals surface area contributed by atoms with Crippen LogP contribution in [0.5, 0.6) is 5.75 Å². The topological polar surface area (TPSA) is 128 Å². The molecule has 4 aromatic rings. The number of hydrogen-bond acceptors (Lipinski definition) is 9. The summed E-state index contributed by atoms with van der Waals surface area (Å²) >= 11 is 0. The molecule has 0 unspecified atom stereocenters. The highest BCUT2D eigenvalue weighted by Gasteiger charge is 2.21. The van der Waals surface area contributed by atoms with E-state index in [0.29, 0.717) is 12.6 Å². The van der Waals surface area contributed by atoms with Crippen molar-refractivity contribution < 1.29 is 27.5 Å². The van der Waals surface area contributed by atoms with Crippen molar-refractivity contribution in [2.24, 2.45) is 0 Å². The molecule has 0 aliphatic carbocycles. The number of nitrogens with zero attached hydrogens (tertiary/aromatic N) is 5. The minimum atomic E-state index is -0.948. The van der Waals surface area contributed by atoms with Crippen molar-refractivity contribution in [2.75, 3.05) is 24.4 Å². The second-order valence-corrected chi connectivity index (χ2v) is 8.08. The van der Waals surface area contributed by atoms with E-state index < -0.39 is 23.4 Å². The Morgan fingerprint density at radius 1 is 0.974 bits per heavy atom. The first kappa shape index (κ1) is 27.3. The molecule has 0 saturated heterocycles. The summed E-state index contributed by atoms with van der Waals surface area (Å²) in [6, 6.07) is 4.43. The summed E-state index contributed by atoms with van der Waals surface area (Å²) < 4.78 is 49.4. The Hall–Kier alpha value is -4.72. The maximum Gasteiger partial charge on any atom is 0.278 e. The summed E-state index contributed by atoms with van der Waals surface area (Å²) in [6.07, 6.45) is 4.40. The summed E-state index contributed by atoms with van der Waals surface area (Å²) in [4.78, 5) is 29.8. The van der Waals surface area contributed by atoms with Crippen LogP contribution in [0, 0.1) is 17.5 Å². The molecule has 0 aliphatic heterocycles. The number of carbonyl (C=O) groups is 1. The lowest BCUT2D eigenvalue weighted by Crippen LogP contribution is -2.24. The van der Waals surface area contributed by atoms with Gasteiger partial charge in [0.1, 0.15) is 23.8 Å². The second kappa shape index (κ2) is 12.2. The Balaban J connectivity index is 1.76. The van der Waals surface area contributed by atoms with Crippen LogP contribution < -0.4 is 20.9 Å². The van der Waals surface area contributed by atoms with E-state index in [-0.39, 0.29) is 52.3 Å². The Morgan fingerprint density at radius 3 is 2.51 bits per heavy atom. The largest absolute Gasteiger partial charge is 0.494 e. The molecule has 0 saturated carbocycles. The zero-order valence-corrected chi connectivity index (χ0v) is 21.3. The first-order chi connectivity index (χ1) is 18.8. The number of hydroxylamine groups is 1. The van der Waals surface area contributed by atoms with Crippen molar-refractivity contribution in [1.29, 1.82) is 0 Å². The number of amides is 1. The van der Waals surface area contributed by atoms with Gasteiger partial charge in [-0.2, -0.15) is 5.10 Å². The lowest BCUT2D eigenvalue weighted by Gasteiger charge is -2.17. The molecule has 0 bridgehead atoms. The molecule has 3 N–H and O–H groups in total. The summed E-state index contributed by atoms with van der Waals surface area (Å²) in [5, 5.41) is 10.0. The number of carbonyl (C=O) groups excluding carboxylic acids is 1. The van der Waals surface area contributed by atoms with E-state index in [9.17, 15) is 18.0 Å². The predicted molar refractivity (Wildman–Crippen MR) is 136 cm³/mol. The Bertz CT molecular complexity index is 1480. The van der Waals surface area contributed by atoms with Crippen molar-refractivity contribution in [2.45, 2.75) is 26.8 Å². The molecule has 39 heavy (non-hydrogen) atoms. The zero-order valence-electron chi connectivity index (χ0n) is 21.3. The van der Waals surface area contributed by atoms with Gasteiger partial charge in [0.15, 0.2) is 23.2 Å². The average molecular weight is 543 g/mol. The van der Waals surface area contributed by atoms with E-state index in [4.69, 9.17) is 9.57 Å². The van der Waals surface area contributed by atoms with Gasteiger partial charge in [0, 0.05) is 30.9 Å². The molecule has 4 rings (SSSR count). The number of nitrogens with one attached hydrogen (secondary N) is 3. The fourth-order valence-corrected chi connectivity index (χ4v) is 3.60. The first-order valence-corrected chi connectivity index (χ1v) is 11.9. The molecule has 3 aromatic heterocycles. The Morgan fingerprint density at radius 2 is 1.79 bits per heavy atom. The summed E-state index contributed by atoms with van der Waals surface area (Å²) in [5.41, 5.74) is 2.84. The molecule has 204 valence electrons. The standard InChI is InChI=1S/C25H25F3N8O3/c1-4-6-36-13-31-23(34-36)16-7-14(26)9-20(22(16)38-3)32-19-10-21(29-12-17(19)25(37)35-39-5-2)33-24-18(28)8-15(27)11-30-24/h7-13H,4-6H2,1-3H3,(H,35,37)(H2,29,30,32,33). The molecule has 14 heteroatoms. The molecule has 0 radical (unpaired) electrons. The molecule has 0 aliphatic rings. The molecular weight excluding hydrogens is 517 g/mol. The third-order valence-electron chi connectivity index (χ3n) is 5.27. The van der Waals surface area contributed by atoms with Gasteiger partial charge in [-0.15, -0.1) is 0 Å². The molecular formula is C25H25F3N8O3. The van der Waals surface area contributed by atoms with Crippen LogP contribution in [-0.2, 0) is 11.4 Å². The van der Waals surface area contributed by atoms with Crippen molar-refractivity contribution in [3.8, 4) is 17.1 Å². The molecule has 1 aromatic carbocycles. The van der Waals surface area contributed by atoms with E-state index in [1.54, 1.807) is 11.6 Å². The minimum Gasteiger partial charge on any atom is -0.494 e. The van der Waals surface area contributed by atoms with Crippen LogP contribution >= 0.6 is 0 Å². The number of aryl methyl sites for hydroxylation is 1. The smallest absolute Gasteiger partial charge is 0.278 e. The van der Waals surface area contributed by atoms with Gasteiger partial charge in [0.05, 0.1) is 42.4 Å². The monoisotopic (exact) mass is 542 g/mol. The third kappa shape index (κ3) is 6.41. The quantitative estimate of drug-likeness (QED) is 0.230. The van der Waals surface area contributed by atoms with Crippen LogP contribution in [0.1, 0.15) is 30.6 Å². The van der Waals surface area contributed by atoms with Gasteiger partial charge in [-0.3, -0.25) is 14.3 Å². The van der Waals surface area contributed by atoms with Crippen molar-refractivity contribution >= 4 is 28.9 Å². The Labute approximate surface area is 221 Å². The van der Waals surface area contributed by atoms with Gasteiger partial charge in [-0.05, 0) is 19.4 Å². The summed E-state index contributed by atoms with van der Waals surface area (Å²) in [5.74, 6) is -2.85. The molecule has 0 atom stereocenters. The number of hydrogen-bond donors (Lipinski definition) is 3. The molecule has 0 fully saturated rings. The van der Waals surface area contributed by atoms with Gasteiger partial charge in [0.2, 0.25) is 0 Å². The van der Waals surface area contributed by atoms with Crippen LogP contribution in [0.3, 0.4) is 0 Å². The molecule has 1 amide bonds. The fourth-order valence-electron chi connectivity index (χ4n) is 3.60. The van der Waals surface area contributed by atoms with Crippen LogP contribution in [0.4, 0.5) is 36.2 Å². The van der Waals surface area contributed by atoms with Gasteiger partial charge < -0.3 is 15.4 Å².